The molecule has 0 saturated carbocycles. The number of hydrogen-bond acceptors (Lipinski definition) is 10. The Hall–Kier alpha value is -2.73. The molecule has 13 heteroatoms. The van der Waals surface area contributed by atoms with E-state index in [1.54, 1.807) is 24.3 Å². The number of aromatic nitrogens is 3. The van der Waals surface area contributed by atoms with E-state index in [0.29, 0.717) is 42.9 Å². The highest BCUT2D eigenvalue weighted by Gasteiger charge is 2.16. The van der Waals surface area contributed by atoms with Crippen molar-refractivity contribution in [1.82, 2.24) is 24.6 Å². The fourth-order valence-corrected chi connectivity index (χ4v) is 5.96. The van der Waals surface area contributed by atoms with E-state index in [-0.39, 0.29) is 4.90 Å². The summed E-state index contributed by atoms with van der Waals surface area (Å²) in [6.07, 6.45) is 1.48. The van der Waals surface area contributed by atoms with Crippen molar-refractivity contribution >= 4 is 68.6 Å². The molecule has 1 atom stereocenters. The standard InChI is InChI=1S/C24H28N7O3PS2/c1-16-14-18(4-7-20(16)35)28-22-21-23(26-15-25-22)30-24(36-21)29-17-2-5-19(6-3-17)37(32,33)27-8-9-31-10-12-34-13-11-31/h2-7,14-15,27H,8-13,35H2,1H3,(H2,25,26,28,29,30). The first-order valence-corrected chi connectivity index (χ1v) is 14.7. The molecule has 2 aromatic heterocycles. The van der Waals surface area contributed by atoms with E-state index in [9.17, 15) is 8.42 Å². The van der Waals surface area contributed by atoms with Crippen molar-refractivity contribution in [3.63, 3.8) is 0 Å². The lowest BCUT2D eigenvalue weighted by atomic mass is 10.2. The number of morpholine rings is 1. The third-order valence-electron chi connectivity index (χ3n) is 5.96. The van der Waals surface area contributed by atoms with Crippen molar-refractivity contribution in [3.05, 3.63) is 54.4 Å². The molecular weight excluding hydrogens is 529 g/mol. The van der Waals surface area contributed by atoms with E-state index in [2.05, 4.69) is 57.4 Å². The second kappa shape index (κ2) is 11.3. The van der Waals surface area contributed by atoms with Crippen LogP contribution in [0.5, 0.6) is 0 Å². The molecule has 1 aliphatic rings. The van der Waals surface area contributed by atoms with Crippen LogP contribution in [0.15, 0.2) is 53.7 Å². The number of sulfonamides is 1. The van der Waals surface area contributed by atoms with Gasteiger partial charge < -0.3 is 15.4 Å². The molecular formula is C24H28N7O3PS2. The molecule has 37 heavy (non-hydrogen) atoms. The lowest BCUT2D eigenvalue weighted by Gasteiger charge is -2.26. The second-order valence-corrected chi connectivity index (χ2v) is 12.0. The molecule has 2 aromatic carbocycles. The van der Waals surface area contributed by atoms with Crippen LogP contribution in [-0.2, 0) is 14.8 Å². The van der Waals surface area contributed by atoms with Crippen LogP contribution in [-0.4, -0.2) is 67.7 Å². The number of nitrogens with zero attached hydrogens (tertiary/aromatic N) is 4. The zero-order valence-electron chi connectivity index (χ0n) is 20.3. The van der Waals surface area contributed by atoms with E-state index in [4.69, 9.17) is 4.74 Å². The molecule has 1 unspecified atom stereocenters. The molecule has 0 amide bonds. The summed E-state index contributed by atoms with van der Waals surface area (Å²) in [6, 6.07) is 12.7. The molecule has 0 radical (unpaired) electrons. The largest absolute Gasteiger partial charge is 0.379 e. The van der Waals surface area contributed by atoms with Crippen LogP contribution in [0.4, 0.5) is 22.3 Å². The SMILES string of the molecule is Cc1cc(Nc2ncnc3nc(Nc4ccc(S(=O)(=O)NCCN5CCOCC5)cc4)sc23)ccc1P. The van der Waals surface area contributed by atoms with E-state index >= 15 is 0 Å². The molecule has 0 aliphatic carbocycles. The number of ether oxygens (including phenoxy) is 1. The van der Waals surface area contributed by atoms with Crippen LogP contribution in [0.1, 0.15) is 5.56 Å². The fourth-order valence-electron chi connectivity index (χ4n) is 3.87. The number of aryl methyl sites for hydroxylation is 1. The van der Waals surface area contributed by atoms with Gasteiger partial charge in [0.15, 0.2) is 16.6 Å². The minimum atomic E-state index is -3.59. The number of thiazole rings is 1. The number of rotatable bonds is 9. The van der Waals surface area contributed by atoms with Gasteiger partial charge in [0, 0.05) is 37.6 Å². The summed E-state index contributed by atoms with van der Waals surface area (Å²) in [7, 11) is -0.871. The quantitative estimate of drug-likeness (QED) is 0.267. The van der Waals surface area contributed by atoms with Gasteiger partial charge in [-0.25, -0.2) is 23.1 Å². The molecule has 194 valence electrons. The Labute approximate surface area is 222 Å². The zero-order chi connectivity index (χ0) is 25.8. The minimum absolute atomic E-state index is 0.216. The van der Waals surface area contributed by atoms with Gasteiger partial charge in [-0.3, -0.25) is 4.90 Å². The van der Waals surface area contributed by atoms with Crippen molar-refractivity contribution in [1.29, 1.82) is 0 Å². The van der Waals surface area contributed by atoms with Gasteiger partial charge >= 0.3 is 0 Å². The van der Waals surface area contributed by atoms with Crippen LogP contribution < -0.4 is 20.7 Å². The molecule has 3 heterocycles. The van der Waals surface area contributed by atoms with Crippen LogP contribution in [0.3, 0.4) is 0 Å². The van der Waals surface area contributed by atoms with Crippen molar-refractivity contribution in [3.8, 4) is 0 Å². The van der Waals surface area contributed by atoms with Crippen molar-refractivity contribution < 1.29 is 13.2 Å². The Kier molecular flexibility index (Phi) is 7.94. The minimum Gasteiger partial charge on any atom is -0.379 e. The average Bonchev–Trinajstić information content (AvgIpc) is 3.31. The first kappa shape index (κ1) is 25.9. The van der Waals surface area contributed by atoms with Crippen LogP contribution in [0.2, 0.25) is 0 Å². The van der Waals surface area contributed by atoms with Gasteiger partial charge in [-0.15, -0.1) is 9.24 Å². The number of fused-ring (bicyclic) bond motifs is 1. The fraction of sp³-hybridized carbons (Fsp3) is 0.292. The Morgan fingerprint density at radius 2 is 1.81 bits per heavy atom. The number of anilines is 4. The first-order valence-electron chi connectivity index (χ1n) is 11.8. The topological polar surface area (TPSA) is 121 Å². The Morgan fingerprint density at radius 3 is 2.57 bits per heavy atom. The van der Waals surface area contributed by atoms with Gasteiger partial charge in [0.25, 0.3) is 0 Å². The van der Waals surface area contributed by atoms with Gasteiger partial charge in [0.2, 0.25) is 10.0 Å². The highest BCUT2D eigenvalue weighted by molar-refractivity contribution is 7.89. The monoisotopic (exact) mass is 557 g/mol. The third-order valence-corrected chi connectivity index (χ3v) is 9.05. The van der Waals surface area contributed by atoms with E-state index < -0.39 is 10.0 Å². The summed E-state index contributed by atoms with van der Waals surface area (Å²) < 4.78 is 34.2. The molecule has 1 aliphatic heterocycles. The maximum Gasteiger partial charge on any atom is 0.240 e. The molecule has 3 N–H and O–H groups in total. The Balaban J connectivity index is 1.24. The molecule has 0 spiro atoms. The van der Waals surface area contributed by atoms with Gasteiger partial charge in [0.05, 0.1) is 18.1 Å². The summed E-state index contributed by atoms with van der Waals surface area (Å²) in [5, 5.41) is 8.37. The Bertz CT molecular complexity index is 1490. The van der Waals surface area contributed by atoms with Gasteiger partial charge in [-0.1, -0.05) is 17.4 Å². The van der Waals surface area contributed by atoms with Crippen LogP contribution in [0, 0.1) is 6.92 Å². The average molecular weight is 558 g/mol. The predicted octanol–water partition coefficient (Wildman–Crippen LogP) is 2.99. The molecule has 0 bridgehead atoms. The van der Waals surface area contributed by atoms with Gasteiger partial charge in [0.1, 0.15) is 11.0 Å². The predicted molar refractivity (Wildman–Crippen MR) is 151 cm³/mol. The van der Waals surface area contributed by atoms with Crippen LogP contribution >= 0.6 is 20.6 Å². The Morgan fingerprint density at radius 1 is 1.05 bits per heavy atom. The normalized spacial score (nSPS) is 14.6. The summed E-state index contributed by atoms with van der Waals surface area (Å²) in [5.74, 6) is 0.677. The highest BCUT2D eigenvalue weighted by Crippen LogP contribution is 2.32. The molecule has 10 nitrogen and oxygen atoms in total. The molecule has 1 saturated heterocycles. The lowest BCUT2D eigenvalue weighted by molar-refractivity contribution is 0.0390. The smallest absolute Gasteiger partial charge is 0.240 e. The maximum atomic E-state index is 12.7. The van der Waals surface area contributed by atoms with Crippen molar-refractivity contribution in [2.24, 2.45) is 0 Å². The maximum absolute atomic E-state index is 12.7. The van der Waals surface area contributed by atoms with Gasteiger partial charge in [-0.05, 0) is 54.2 Å². The molecule has 1 fully saturated rings. The third kappa shape index (κ3) is 6.40. The second-order valence-electron chi connectivity index (χ2n) is 8.59. The summed E-state index contributed by atoms with van der Waals surface area (Å²) in [4.78, 5) is 15.7. The zero-order valence-corrected chi connectivity index (χ0v) is 23.1. The van der Waals surface area contributed by atoms with E-state index in [0.717, 1.165) is 40.0 Å². The molecule has 4 aromatic rings. The van der Waals surface area contributed by atoms with Crippen LogP contribution in [0.25, 0.3) is 10.3 Å². The van der Waals surface area contributed by atoms with Crippen molar-refractivity contribution in [2.45, 2.75) is 11.8 Å². The number of benzene rings is 2. The highest BCUT2D eigenvalue weighted by atomic mass is 32.2. The van der Waals surface area contributed by atoms with Crippen molar-refractivity contribution in [2.75, 3.05) is 50.0 Å². The van der Waals surface area contributed by atoms with Gasteiger partial charge in [-0.2, -0.15) is 4.98 Å². The number of hydrogen-bond donors (Lipinski definition) is 3. The summed E-state index contributed by atoms with van der Waals surface area (Å²) in [6.45, 7) is 6.08. The molecule has 5 rings (SSSR count). The summed E-state index contributed by atoms with van der Waals surface area (Å²) in [5.41, 5.74) is 3.39. The van der Waals surface area contributed by atoms with E-state index in [1.165, 1.54) is 17.7 Å². The lowest BCUT2D eigenvalue weighted by Crippen LogP contribution is -2.41. The first-order chi connectivity index (χ1) is 17.9. The summed E-state index contributed by atoms with van der Waals surface area (Å²) >= 11 is 1.42. The number of nitrogens with one attached hydrogen (secondary N) is 3. The van der Waals surface area contributed by atoms with E-state index in [1.807, 2.05) is 12.1 Å².